The lowest BCUT2D eigenvalue weighted by Crippen LogP contribution is -2.61. The zero-order chi connectivity index (χ0) is 57.3. The van der Waals surface area contributed by atoms with E-state index in [-0.39, 0.29) is 31.1 Å². The van der Waals surface area contributed by atoms with Gasteiger partial charge in [-0.1, -0.05) is 58.0 Å². The van der Waals surface area contributed by atoms with E-state index in [9.17, 15) is 97.8 Å². The minimum atomic E-state index is -2.19. The van der Waals surface area contributed by atoms with Gasteiger partial charge in [0.25, 0.3) is 0 Å². The molecule has 1 aromatic rings. The quantitative estimate of drug-likeness (QED) is 0.0302. The van der Waals surface area contributed by atoms with E-state index in [0.717, 1.165) is 0 Å². The first kappa shape index (κ1) is 64.7. The summed E-state index contributed by atoms with van der Waals surface area (Å²) >= 11 is 0. The summed E-state index contributed by atoms with van der Waals surface area (Å²) in [6, 6.07) is -8.69. The van der Waals surface area contributed by atoms with Crippen LogP contribution in [0.4, 0.5) is 0 Å². The molecule has 1 aromatic carbocycles. The molecule has 9 atom stereocenters. The number of benzene rings is 1. The van der Waals surface area contributed by atoms with Crippen LogP contribution in [-0.4, -0.2) is 175 Å². The Labute approximate surface area is 428 Å². The Balaban J connectivity index is 3.39. The number of rotatable bonds is 35. The first-order chi connectivity index (χ1) is 34.9. The van der Waals surface area contributed by atoms with Crippen LogP contribution in [0.1, 0.15) is 84.6 Å². The van der Waals surface area contributed by atoms with Crippen molar-refractivity contribution in [2.24, 2.45) is 23.3 Å². The summed E-state index contributed by atoms with van der Waals surface area (Å²) < 4.78 is 0. The van der Waals surface area contributed by atoms with Crippen LogP contribution in [0.15, 0.2) is 30.3 Å². The Morgan fingerprint density at radius 1 is 0.440 bits per heavy atom. The summed E-state index contributed by atoms with van der Waals surface area (Å²) in [5.74, 6) is -20.2. The molecule has 416 valence electrons. The molecule has 1 rings (SSSR count). The van der Waals surface area contributed by atoms with Crippen LogP contribution in [0.5, 0.6) is 0 Å². The van der Waals surface area contributed by atoms with Crippen LogP contribution in [0, 0.1) is 11.8 Å². The molecule has 30 heteroatoms. The van der Waals surface area contributed by atoms with Crippen molar-refractivity contribution in [3.8, 4) is 0 Å². The van der Waals surface area contributed by atoms with Crippen molar-refractivity contribution in [3.05, 3.63) is 35.9 Å². The van der Waals surface area contributed by atoms with Gasteiger partial charge in [-0.05, 0) is 36.7 Å². The third kappa shape index (κ3) is 25.3. The number of amides is 9. The Morgan fingerprint density at radius 2 is 0.787 bits per heavy atom. The van der Waals surface area contributed by atoms with Crippen LogP contribution in [0.3, 0.4) is 0 Å². The molecule has 0 aliphatic rings. The topological polar surface area (TPSA) is 509 Å². The van der Waals surface area contributed by atoms with Crippen LogP contribution in [0.2, 0.25) is 0 Å². The molecule has 0 radical (unpaired) electrons. The lowest BCUT2D eigenvalue weighted by atomic mass is 10.00. The monoisotopic (exact) mass is 1070 g/mol. The van der Waals surface area contributed by atoms with Gasteiger partial charge in [0.1, 0.15) is 48.3 Å². The number of hydrogen-bond donors (Lipinski definition) is 16. The van der Waals surface area contributed by atoms with Gasteiger partial charge < -0.3 is 84.6 Å². The zero-order valence-electron chi connectivity index (χ0n) is 41.4. The van der Waals surface area contributed by atoms with E-state index >= 15 is 0 Å². The second kappa shape index (κ2) is 32.0. The van der Waals surface area contributed by atoms with Gasteiger partial charge in [0.05, 0.1) is 38.3 Å². The summed E-state index contributed by atoms with van der Waals surface area (Å²) in [5.41, 5.74) is 11.7. The Kier molecular flexibility index (Phi) is 27.6. The molecule has 0 aromatic heterocycles. The van der Waals surface area contributed by atoms with Gasteiger partial charge in [-0.3, -0.25) is 62.3 Å². The largest absolute Gasteiger partial charge is 0.481 e. The number of carbonyl (C=O) groups is 14. The van der Waals surface area contributed by atoms with Gasteiger partial charge in [0.15, 0.2) is 0 Å². The third-order valence-electron chi connectivity index (χ3n) is 10.5. The third-order valence-corrected chi connectivity index (χ3v) is 10.5. The molecule has 75 heavy (non-hydrogen) atoms. The molecule has 0 saturated heterocycles. The molecular weight excluding hydrogens is 1000 g/mol. The molecule has 18 N–H and O–H groups in total. The lowest BCUT2D eigenvalue weighted by Gasteiger charge is -2.27. The lowest BCUT2D eigenvalue weighted by molar-refractivity contribution is -0.144. The number of aliphatic carboxylic acids is 5. The molecule has 30 nitrogen and oxygen atoms in total. The van der Waals surface area contributed by atoms with Crippen molar-refractivity contribution in [3.63, 3.8) is 0 Å². The molecule has 0 heterocycles. The smallest absolute Gasteiger partial charge is 0.326 e. The fourth-order valence-electron chi connectivity index (χ4n) is 6.85. The van der Waals surface area contributed by atoms with E-state index in [4.69, 9.17) is 11.5 Å². The van der Waals surface area contributed by atoms with Crippen molar-refractivity contribution in [2.45, 2.75) is 140 Å². The highest BCUT2D eigenvalue weighted by atomic mass is 16.4. The van der Waals surface area contributed by atoms with Gasteiger partial charge in [-0.2, -0.15) is 0 Å². The van der Waals surface area contributed by atoms with E-state index < -0.39 is 183 Å². The molecule has 9 amide bonds. The fourth-order valence-corrected chi connectivity index (χ4v) is 6.85. The molecule has 0 saturated carbocycles. The maximum absolute atomic E-state index is 13.6. The number of aliphatic hydroxyl groups is 1. The first-order valence-corrected chi connectivity index (χ1v) is 23.2. The SMILES string of the molecule is CC(C)C[C@H](NC(=O)[C@@H](N)CC(C)C)C(=O)N[C@@H](CC(=O)O)C(=O)N[C@@H](CC(=O)O)C(=O)N[C@@H](CO)C(=O)N[C@@H](CC(N)=O)C(=O)N[C@@H](CCC(=O)O)C(=O)N[C@@H](CC(=O)O)C(=O)N[C@@H](Cc1ccccc1)C(=O)O. The van der Waals surface area contributed by atoms with Crippen molar-refractivity contribution in [2.75, 3.05) is 6.61 Å². The molecule has 0 unspecified atom stereocenters. The van der Waals surface area contributed by atoms with Crippen LogP contribution >= 0.6 is 0 Å². The maximum Gasteiger partial charge on any atom is 0.326 e. The van der Waals surface area contributed by atoms with Gasteiger partial charge in [-0.25, -0.2) is 4.79 Å². The Morgan fingerprint density at radius 3 is 1.16 bits per heavy atom. The highest BCUT2D eigenvalue weighted by molar-refractivity contribution is 6.00. The van der Waals surface area contributed by atoms with Crippen molar-refractivity contribution >= 4 is 83.0 Å². The number of carboxylic acids is 5. The molecule has 0 aliphatic carbocycles. The number of carbonyl (C=O) groups excluding carboxylic acids is 9. The van der Waals surface area contributed by atoms with E-state index in [0.29, 0.717) is 5.56 Å². The summed E-state index contributed by atoms with van der Waals surface area (Å²) in [4.78, 5) is 178. The number of nitrogens with two attached hydrogens (primary N) is 2. The minimum Gasteiger partial charge on any atom is -0.481 e. The molecule has 0 bridgehead atoms. The number of hydrogen-bond acceptors (Lipinski definition) is 16. The van der Waals surface area contributed by atoms with Crippen molar-refractivity contribution in [1.82, 2.24) is 42.5 Å². The molecule has 0 fully saturated rings. The van der Waals surface area contributed by atoms with E-state index in [1.54, 1.807) is 45.9 Å². The molecular formula is C45H66N10O20. The average Bonchev–Trinajstić information content (AvgIpc) is 3.29. The van der Waals surface area contributed by atoms with Crippen molar-refractivity contribution < 1.29 is 97.8 Å². The van der Waals surface area contributed by atoms with Gasteiger partial charge in [0, 0.05) is 12.8 Å². The van der Waals surface area contributed by atoms with Crippen LogP contribution < -0.4 is 54.0 Å². The number of nitrogens with one attached hydrogen (secondary N) is 8. The maximum atomic E-state index is 13.6. The number of aliphatic hydroxyl groups excluding tert-OH is 1. The average molecular weight is 1070 g/mol. The van der Waals surface area contributed by atoms with E-state index in [1.165, 1.54) is 12.1 Å². The minimum absolute atomic E-state index is 0.0111. The fraction of sp³-hybridized carbons (Fsp3) is 0.556. The van der Waals surface area contributed by atoms with Gasteiger partial charge in [-0.15, -0.1) is 0 Å². The van der Waals surface area contributed by atoms with Crippen LogP contribution in [-0.2, 0) is 73.5 Å². The highest BCUT2D eigenvalue weighted by Crippen LogP contribution is 2.11. The van der Waals surface area contributed by atoms with Crippen LogP contribution in [0.25, 0.3) is 0 Å². The predicted molar refractivity (Wildman–Crippen MR) is 255 cm³/mol. The second-order valence-electron chi connectivity index (χ2n) is 18.0. The number of carboxylic acid groups (broad SMARTS) is 5. The predicted octanol–water partition coefficient (Wildman–Crippen LogP) is -5.23. The number of primary amides is 1. The zero-order valence-corrected chi connectivity index (χ0v) is 41.4. The Bertz CT molecular complexity index is 2250. The van der Waals surface area contributed by atoms with E-state index in [2.05, 4.69) is 16.0 Å². The summed E-state index contributed by atoms with van der Waals surface area (Å²) in [7, 11) is 0. The van der Waals surface area contributed by atoms with Gasteiger partial charge >= 0.3 is 29.8 Å². The van der Waals surface area contributed by atoms with Gasteiger partial charge in [0.2, 0.25) is 53.2 Å². The molecule has 0 aliphatic heterocycles. The first-order valence-electron chi connectivity index (χ1n) is 23.2. The molecule has 0 spiro atoms. The highest BCUT2D eigenvalue weighted by Gasteiger charge is 2.37. The summed E-state index contributed by atoms with van der Waals surface area (Å²) in [6.45, 7) is 5.63. The van der Waals surface area contributed by atoms with E-state index in [1.807, 2.05) is 26.6 Å². The van der Waals surface area contributed by atoms with Crippen molar-refractivity contribution in [1.29, 1.82) is 0 Å². The normalized spacial score (nSPS) is 14.6. The Hall–Kier alpha value is -8.28. The standard InChI is InChI=1S/C45H66N10O20/c1-20(2)12-23(46)37(66)49-25(13-21(3)4)39(68)52-27(16-34(60)61)41(70)53-29(18-36(64)65)43(72)55-31(19-56)44(73)50-26(15-32(47)57)40(69)48-24(10-11-33(58)59)38(67)51-28(17-35(62)63)42(71)54-30(45(74)75)14-22-8-6-5-7-9-22/h5-9,20-21,23-31,56H,10-19,46H2,1-4H3,(H2,47,57)(H,48,69)(H,49,66)(H,50,73)(H,51,67)(H,52,68)(H,53,70)(H,54,71)(H,55,72)(H,58,59)(H,60,61)(H,62,63)(H,64,65)(H,74,75)/t23-,24-,25-,26-,27-,28-,29-,30-,31-/m0/s1. The summed E-state index contributed by atoms with van der Waals surface area (Å²) in [5, 5.41) is 74.5. The second-order valence-corrected chi connectivity index (χ2v) is 18.0. The summed E-state index contributed by atoms with van der Waals surface area (Å²) in [6.07, 6.45) is -6.39.